The normalized spacial score (nSPS) is 15.9. The number of ether oxygens (including phenoxy) is 1. The molecule has 0 aromatic heterocycles. The van der Waals surface area contributed by atoms with Crippen LogP contribution in [0, 0.1) is 12.8 Å². The lowest BCUT2D eigenvalue weighted by molar-refractivity contribution is -0.136. The fraction of sp³-hybridized carbons (Fsp3) is 0.667. The zero-order chi connectivity index (χ0) is 21.9. The zero-order valence-corrected chi connectivity index (χ0v) is 22.1. The average Bonchev–Trinajstić information content (AvgIpc) is 2.75. The number of rotatable bonds is 9. The summed E-state index contributed by atoms with van der Waals surface area (Å²) in [7, 11) is 0. The Morgan fingerprint density at radius 3 is 2.32 bits per heavy atom. The molecule has 1 unspecified atom stereocenters. The molecule has 0 bridgehead atoms. The monoisotopic (exact) mass is 544 g/mol. The van der Waals surface area contributed by atoms with Crippen LogP contribution in [0.2, 0.25) is 0 Å². The van der Waals surface area contributed by atoms with E-state index in [0.717, 1.165) is 57.0 Å². The minimum absolute atomic E-state index is 0. The number of benzene rings is 1. The molecule has 6 nitrogen and oxygen atoms in total. The van der Waals surface area contributed by atoms with Crippen molar-refractivity contribution in [2.45, 2.75) is 72.4 Å². The first-order valence-electron chi connectivity index (χ1n) is 11.5. The summed E-state index contributed by atoms with van der Waals surface area (Å²) in [6, 6.07) is 8.43. The number of aryl methyl sites for hydroxylation is 1. The van der Waals surface area contributed by atoms with Crippen molar-refractivity contribution in [2.75, 3.05) is 26.2 Å². The summed E-state index contributed by atoms with van der Waals surface area (Å²) in [6.07, 6.45) is 3.74. The Balaban J connectivity index is 0.00000480. The SMILES string of the molecule is CCNC(=NCC(C)Oc1ccc(C)cc1)NC1CCN(C(=O)C(CC)CC)CC1.I. The number of aliphatic imine (C=N–C) groups is 1. The predicted molar refractivity (Wildman–Crippen MR) is 139 cm³/mol. The predicted octanol–water partition coefficient (Wildman–Crippen LogP) is 4.36. The number of likely N-dealkylation sites (tertiary alicyclic amines) is 1. The summed E-state index contributed by atoms with van der Waals surface area (Å²) in [5, 5.41) is 6.88. The first-order valence-corrected chi connectivity index (χ1v) is 11.5. The van der Waals surface area contributed by atoms with Crippen LogP contribution in [-0.4, -0.2) is 55.1 Å². The molecule has 0 saturated carbocycles. The van der Waals surface area contributed by atoms with Crippen LogP contribution in [0.5, 0.6) is 5.75 Å². The summed E-state index contributed by atoms with van der Waals surface area (Å²) in [6.45, 7) is 13.4. The van der Waals surface area contributed by atoms with E-state index in [-0.39, 0.29) is 36.0 Å². The van der Waals surface area contributed by atoms with Crippen LogP contribution >= 0.6 is 24.0 Å². The second-order valence-corrected chi connectivity index (χ2v) is 8.22. The van der Waals surface area contributed by atoms with Crippen LogP contribution < -0.4 is 15.4 Å². The highest BCUT2D eigenvalue weighted by Gasteiger charge is 2.26. The van der Waals surface area contributed by atoms with Gasteiger partial charge in [0.1, 0.15) is 11.9 Å². The Hall–Kier alpha value is -1.51. The maximum atomic E-state index is 12.6. The van der Waals surface area contributed by atoms with Gasteiger partial charge in [0.05, 0.1) is 6.54 Å². The summed E-state index contributed by atoms with van der Waals surface area (Å²) < 4.78 is 5.97. The Kier molecular flexibility index (Phi) is 12.9. The Morgan fingerprint density at radius 2 is 1.77 bits per heavy atom. The number of piperidine rings is 1. The number of nitrogens with one attached hydrogen (secondary N) is 2. The molecule has 7 heteroatoms. The van der Waals surface area contributed by atoms with E-state index in [1.807, 2.05) is 24.0 Å². The molecule has 1 heterocycles. The lowest BCUT2D eigenvalue weighted by Gasteiger charge is -2.35. The van der Waals surface area contributed by atoms with E-state index in [2.05, 4.69) is 50.5 Å². The number of carbonyl (C=O) groups excluding carboxylic acids is 1. The van der Waals surface area contributed by atoms with E-state index >= 15 is 0 Å². The first kappa shape index (κ1) is 27.5. The third kappa shape index (κ3) is 9.25. The molecule has 176 valence electrons. The molecule has 1 fully saturated rings. The number of hydrogen-bond acceptors (Lipinski definition) is 3. The van der Waals surface area contributed by atoms with Crippen LogP contribution in [-0.2, 0) is 4.79 Å². The number of guanidine groups is 1. The number of nitrogens with zero attached hydrogens (tertiary/aromatic N) is 2. The van der Waals surface area contributed by atoms with Crippen molar-refractivity contribution in [1.82, 2.24) is 15.5 Å². The molecule has 1 amide bonds. The molecule has 0 spiro atoms. The van der Waals surface area contributed by atoms with Gasteiger partial charge in [0.25, 0.3) is 0 Å². The lowest BCUT2D eigenvalue weighted by Crippen LogP contribution is -2.50. The van der Waals surface area contributed by atoms with Gasteiger partial charge in [-0.25, -0.2) is 4.99 Å². The van der Waals surface area contributed by atoms with Gasteiger partial charge in [-0.3, -0.25) is 4.79 Å². The summed E-state index contributed by atoms with van der Waals surface area (Å²) in [5.41, 5.74) is 1.22. The molecule has 0 radical (unpaired) electrons. The van der Waals surface area contributed by atoms with E-state index in [1.165, 1.54) is 5.56 Å². The third-order valence-electron chi connectivity index (χ3n) is 5.69. The molecular formula is C24H41IN4O2. The van der Waals surface area contributed by atoms with Gasteiger partial charge in [-0.2, -0.15) is 0 Å². The van der Waals surface area contributed by atoms with E-state index in [9.17, 15) is 4.79 Å². The van der Waals surface area contributed by atoms with Gasteiger partial charge >= 0.3 is 0 Å². The van der Waals surface area contributed by atoms with Gasteiger partial charge < -0.3 is 20.3 Å². The second kappa shape index (κ2) is 14.5. The topological polar surface area (TPSA) is 66.0 Å². The van der Waals surface area contributed by atoms with Crippen molar-refractivity contribution in [3.05, 3.63) is 29.8 Å². The van der Waals surface area contributed by atoms with Crippen LogP contribution in [0.3, 0.4) is 0 Å². The van der Waals surface area contributed by atoms with E-state index in [1.54, 1.807) is 0 Å². The maximum absolute atomic E-state index is 12.6. The van der Waals surface area contributed by atoms with Crippen LogP contribution in [0.15, 0.2) is 29.3 Å². The van der Waals surface area contributed by atoms with Crippen molar-refractivity contribution in [2.24, 2.45) is 10.9 Å². The van der Waals surface area contributed by atoms with Gasteiger partial charge in [0, 0.05) is 31.6 Å². The van der Waals surface area contributed by atoms with Gasteiger partial charge in [-0.05, 0) is 58.6 Å². The molecule has 2 N–H and O–H groups in total. The quantitative estimate of drug-likeness (QED) is 0.276. The number of carbonyl (C=O) groups is 1. The van der Waals surface area contributed by atoms with Gasteiger partial charge in [-0.1, -0.05) is 31.5 Å². The average molecular weight is 545 g/mol. The highest BCUT2D eigenvalue weighted by molar-refractivity contribution is 14.0. The molecule has 0 aliphatic carbocycles. The molecular weight excluding hydrogens is 503 g/mol. The molecule has 31 heavy (non-hydrogen) atoms. The standard InChI is InChI=1S/C24H40N4O2.HI/c1-6-20(7-2)23(29)28-15-13-21(14-16-28)27-24(25-8-3)26-17-19(5)30-22-11-9-18(4)10-12-22;/h9-12,19-21H,6-8,13-17H2,1-5H3,(H2,25,26,27);1H. The second-order valence-electron chi connectivity index (χ2n) is 8.22. The smallest absolute Gasteiger partial charge is 0.225 e. The summed E-state index contributed by atoms with van der Waals surface area (Å²) >= 11 is 0. The van der Waals surface area contributed by atoms with Crippen molar-refractivity contribution in [3.63, 3.8) is 0 Å². The fourth-order valence-corrected chi connectivity index (χ4v) is 3.76. The zero-order valence-electron chi connectivity index (χ0n) is 19.8. The van der Waals surface area contributed by atoms with E-state index in [0.29, 0.717) is 18.5 Å². The number of hydrogen-bond donors (Lipinski definition) is 2. The molecule has 1 saturated heterocycles. The Labute approximate surface area is 205 Å². The highest BCUT2D eigenvalue weighted by atomic mass is 127. The van der Waals surface area contributed by atoms with Crippen molar-refractivity contribution in [1.29, 1.82) is 0 Å². The Bertz CT molecular complexity index is 669. The minimum atomic E-state index is -0.0114. The fourth-order valence-electron chi connectivity index (χ4n) is 3.76. The minimum Gasteiger partial charge on any atom is -0.489 e. The van der Waals surface area contributed by atoms with Crippen LogP contribution in [0.1, 0.15) is 58.9 Å². The van der Waals surface area contributed by atoms with Crippen molar-refractivity contribution >= 4 is 35.8 Å². The molecule has 2 rings (SSSR count). The Morgan fingerprint density at radius 1 is 1.16 bits per heavy atom. The summed E-state index contributed by atoms with van der Waals surface area (Å²) in [4.78, 5) is 19.4. The molecule has 1 aliphatic heterocycles. The maximum Gasteiger partial charge on any atom is 0.225 e. The molecule has 1 aromatic carbocycles. The van der Waals surface area contributed by atoms with Crippen molar-refractivity contribution < 1.29 is 9.53 Å². The highest BCUT2D eigenvalue weighted by Crippen LogP contribution is 2.17. The third-order valence-corrected chi connectivity index (χ3v) is 5.69. The first-order chi connectivity index (χ1) is 14.5. The largest absolute Gasteiger partial charge is 0.489 e. The van der Waals surface area contributed by atoms with Crippen LogP contribution in [0.25, 0.3) is 0 Å². The van der Waals surface area contributed by atoms with Crippen molar-refractivity contribution in [3.8, 4) is 5.75 Å². The lowest BCUT2D eigenvalue weighted by atomic mass is 9.98. The molecule has 1 aromatic rings. The van der Waals surface area contributed by atoms with E-state index in [4.69, 9.17) is 9.73 Å². The van der Waals surface area contributed by atoms with E-state index < -0.39 is 0 Å². The molecule has 1 aliphatic rings. The number of halogens is 1. The van der Waals surface area contributed by atoms with Gasteiger partial charge in [0.15, 0.2) is 5.96 Å². The van der Waals surface area contributed by atoms with Crippen LogP contribution in [0.4, 0.5) is 0 Å². The summed E-state index contributed by atoms with van der Waals surface area (Å²) in [5.74, 6) is 2.18. The van der Waals surface area contributed by atoms with Gasteiger partial charge in [0.2, 0.25) is 5.91 Å². The molecule has 1 atom stereocenters. The number of amides is 1. The van der Waals surface area contributed by atoms with Gasteiger partial charge in [-0.15, -0.1) is 24.0 Å².